The first-order valence-electron chi connectivity index (χ1n) is 9.11. The highest BCUT2D eigenvalue weighted by Gasteiger charge is 2.16. The van der Waals surface area contributed by atoms with Crippen molar-refractivity contribution >= 4 is 11.6 Å². The van der Waals surface area contributed by atoms with Gasteiger partial charge in [0.05, 0.1) is 24.8 Å². The summed E-state index contributed by atoms with van der Waals surface area (Å²) in [5, 5.41) is 6.99. The van der Waals surface area contributed by atoms with Crippen molar-refractivity contribution in [3.8, 4) is 5.75 Å². The number of carbonyl (C=O) groups excluding carboxylic acids is 1. The highest BCUT2D eigenvalue weighted by Crippen LogP contribution is 2.24. The normalized spacial score (nSPS) is 11.7. The van der Waals surface area contributed by atoms with Crippen LogP contribution in [-0.4, -0.2) is 27.3 Å². The predicted octanol–water partition coefficient (Wildman–Crippen LogP) is 3.56. The molecule has 1 N–H and O–H groups in total. The lowest BCUT2D eigenvalue weighted by molar-refractivity contribution is -0.119. The number of anilines is 1. The van der Waals surface area contributed by atoms with E-state index in [0.717, 1.165) is 12.8 Å². The Bertz CT molecular complexity index is 834. The van der Waals surface area contributed by atoms with Crippen LogP contribution in [0.15, 0.2) is 67.3 Å². The summed E-state index contributed by atoms with van der Waals surface area (Å²) in [6.07, 6.45) is 4.94. The molecule has 27 heavy (non-hydrogen) atoms. The van der Waals surface area contributed by atoms with Crippen LogP contribution in [0.25, 0.3) is 0 Å². The van der Waals surface area contributed by atoms with E-state index in [1.807, 2.05) is 49.4 Å². The average molecular weight is 364 g/mol. The van der Waals surface area contributed by atoms with Crippen molar-refractivity contribution in [2.75, 3.05) is 11.9 Å². The quantitative estimate of drug-likeness (QED) is 0.590. The van der Waals surface area contributed by atoms with Gasteiger partial charge in [0.25, 0.3) is 0 Å². The van der Waals surface area contributed by atoms with Gasteiger partial charge in [-0.3, -0.25) is 9.48 Å². The summed E-state index contributed by atoms with van der Waals surface area (Å²) >= 11 is 0. The van der Waals surface area contributed by atoms with Gasteiger partial charge in [0.1, 0.15) is 18.4 Å². The molecule has 0 aliphatic heterocycles. The Morgan fingerprint density at radius 2 is 1.93 bits per heavy atom. The van der Waals surface area contributed by atoms with Gasteiger partial charge in [-0.05, 0) is 30.5 Å². The molecule has 0 unspecified atom stereocenters. The Kier molecular flexibility index (Phi) is 6.57. The Hall–Kier alpha value is -3.15. The van der Waals surface area contributed by atoms with E-state index in [1.54, 1.807) is 11.0 Å². The second kappa shape index (κ2) is 9.52. The van der Waals surface area contributed by atoms with Crippen LogP contribution in [0, 0.1) is 5.92 Å². The van der Waals surface area contributed by atoms with Gasteiger partial charge in [0, 0.05) is 0 Å². The van der Waals surface area contributed by atoms with Crippen molar-refractivity contribution in [1.82, 2.24) is 14.8 Å². The summed E-state index contributed by atoms with van der Waals surface area (Å²) in [5.74, 6) is 0.371. The zero-order valence-corrected chi connectivity index (χ0v) is 15.4. The molecule has 0 saturated heterocycles. The Morgan fingerprint density at radius 1 is 1.15 bits per heavy atom. The number of nitrogens with zero attached hydrogens (tertiary/aromatic N) is 3. The number of aromatic nitrogens is 3. The molecule has 0 spiro atoms. The van der Waals surface area contributed by atoms with Crippen LogP contribution in [0.3, 0.4) is 0 Å². The van der Waals surface area contributed by atoms with E-state index in [0.29, 0.717) is 24.6 Å². The largest absolute Gasteiger partial charge is 0.491 e. The zero-order valence-electron chi connectivity index (χ0n) is 15.4. The third-order valence-electron chi connectivity index (χ3n) is 4.23. The molecule has 2 aromatic carbocycles. The second-order valence-corrected chi connectivity index (χ2v) is 6.44. The van der Waals surface area contributed by atoms with E-state index >= 15 is 0 Å². The number of rotatable bonds is 9. The van der Waals surface area contributed by atoms with E-state index in [9.17, 15) is 4.79 Å². The number of para-hydroxylation sites is 2. The highest BCUT2D eigenvalue weighted by atomic mass is 16.5. The number of aryl methyl sites for hydroxylation is 1. The van der Waals surface area contributed by atoms with E-state index < -0.39 is 0 Å². The fourth-order valence-corrected chi connectivity index (χ4v) is 2.75. The molecule has 1 aromatic heterocycles. The average Bonchev–Trinajstić information content (AvgIpc) is 3.20. The molecule has 0 aliphatic carbocycles. The van der Waals surface area contributed by atoms with E-state index in [-0.39, 0.29) is 11.8 Å². The molecule has 6 nitrogen and oxygen atoms in total. The van der Waals surface area contributed by atoms with Crippen LogP contribution < -0.4 is 10.1 Å². The van der Waals surface area contributed by atoms with Gasteiger partial charge in [0.2, 0.25) is 5.91 Å². The van der Waals surface area contributed by atoms with Gasteiger partial charge >= 0.3 is 0 Å². The van der Waals surface area contributed by atoms with Crippen molar-refractivity contribution in [3.05, 3.63) is 72.8 Å². The van der Waals surface area contributed by atoms with Crippen molar-refractivity contribution in [2.45, 2.75) is 26.3 Å². The number of amides is 1. The van der Waals surface area contributed by atoms with Gasteiger partial charge in [-0.25, -0.2) is 4.98 Å². The lowest BCUT2D eigenvalue weighted by Gasteiger charge is -2.15. The number of hydrogen-bond donors (Lipinski definition) is 1. The minimum absolute atomic E-state index is 0.0779. The van der Waals surface area contributed by atoms with Crippen LogP contribution in [0.4, 0.5) is 5.69 Å². The molecular formula is C21H24N4O2. The molecule has 1 amide bonds. The lowest BCUT2D eigenvalue weighted by Crippen LogP contribution is -2.25. The summed E-state index contributed by atoms with van der Waals surface area (Å²) in [4.78, 5) is 16.4. The van der Waals surface area contributed by atoms with E-state index in [1.165, 1.54) is 11.9 Å². The van der Waals surface area contributed by atoms with Crippen molar-refractivity contribution in [2.24, 2.45) is 5.92 Å². The second-order valence-electron chi connectivity index (χ2n) is 6.44. The minimum Gasteiger partial charge on any atom is -0.491 e. The SMILES string of the molecule is C[C@H](Cn1cncn1)C(=O)Nc1ccccc1OCCCc1ccccc1. The number of ether oxygens (including phenoxy) is 1. The minimum atomic E-state index is -0.238. The van der Waals surface area contributed by atoms with Gasteiger partial charge < -0.3 is 10.1 Å². The van der Waals surface area contributed by atoms with Crippen LogP contribution in [0.1, 0.15) is 18.9 Å². The summed E-state index contributed by atoms with van der Waals surface area (Å²) in [6, 6.07) is 17.9. The fourth-order valence-electron chi connectivity index (χ4n) is 2.75. The summed E-state index contributed by atoms with van der Waals surface area (Å²) in [7, 11) is 0. The van der Waals surface area contributed by atoms with Crippen LogP contribution >= 0.6 is 0 Å². The molecule has 3 rings (SSSR count). The molecule has 0 saturated carbocycles. The van der Waals surface area contributed by atoms with E-state index in [2.05, 4.69) is 27.5 Å². The molecule has 0 fully saturated rings. The first-order chi connectivity index (χ1) is 13.2. The van der Waals surface area contributed by atoms with Gasteiger partial charge in [-0.1, -0.05) is 49.4 Å². The topological polar surface area (TPSA) is 69.0 Å². The molecule has 3 aromatic rings. The summed E-state index contributed by atoms with van der Waals surface area (Å²) in [5.41, 5.74) is 1.98. The van der Waals surface area contributed by atoms with Crippen molar-refractivity contribution in [3.63, 3.8) is 0 Å². The molecule has 140 valence electrons. The monoisotopic (exact) mass is 364 g/mol. The van der Waals surface area contributed by atoms with E-state index in [4.69, 9.17) is 4.74 Å². The first-order valence-corrected chi connectivity index (χ1v) is 9.11. The number of carbonyl (C=O) groups is 1. The third kappa shape index (κ3) is 5.67. The first kappa shape index (κ1) is 18.6. The number of benzene rings is 2. The molecule has 6 heteroatoms. The van der Waals surface area contributed by atoms with Crippen molar-refractivity contribution in [1.29, 1.82) is 0 Å². The van der Waals surface area contributed by atoms with Crippen LogP contribution in [-0.2, 0) is 17.8 Å². The smallest absolute Gasteiger partial charge is 0.229 e. The summed E-state index contributed by atoms with van der Waals surface area (Å²) < 4.78 is 7.55. The maximum absolute atomic E-state index is 12.5. The Labute approximate surface area is 159 Å². The Balaban J connectivity index is 1.51. The third-order valence-corrected chi connectivity index (χ3v) is 4.23. The molecule has 0 bridgehead atoms. The maximum Gasteiger partial charge on any atom is 0.229 e. The Morgan fingerprint density at radius 3 is 2.70 bits per heavy atom. The zero-order chi connectivity index (χ0) is 18.9. The molecule has 1 atom stereocenters. The van der Waals surface area contributed by atoms with Crippen LogP contribution in [0.2, 0.25) is 0 Å². The number of hydrogen-bond acceptors (Lipinski definition) is 4. The van der Waals surface area contributed by atoms with Crippen LogP contribution in [0.5, 0.6) is 5.75 Å². The molecular weight excluding hydrogens is 340 g/mol. The predicted molar refractivity (Wildman–Crippen MR) is 105 cm³/mol. The number of nitrogens with one attached hydrogen (secondary N) is 1. The molecule has 1 heterocycles. The lowest BCUT2D eigenvalue weighted by atomic mass is 10.1. The summed E-state index contributed by atoms with van der Waals surface area (Å²) in [6.45, 7) is 2.93. The highest BCUT2D eigenvalue weighted by molar-refractivity contribution is 5.93. The van der Waals surface area contributed by atoms with Gasteiger partial charge in [-0.15, -0.1) is 0 Å². The standard InChI is InChI=1S/C21H24N4O2/c1-17(14-25-16-22-15-23-25)21(26)24-19-11-5-6-12-20(19)27-13-7-10-18-8-3-2-4-9-18/h2-6,8-9,11-12,15-17H,7,10,13-14H2,1H3,(H,24,26)/t17-/m1/s1. The maximum atomic E-state index is 12.5. The molecule has 0 aliphatic rings. The fraction of sp³-hybridized carbons (Fsp3) is 0.286. The van der Waals surface area contributed by atoms with Gasteiger partial charge in [-0.2, -0.15) is 5.10 Å². The van der Waals surface area contributed by atoms with Gasteiger partial charge in [0.15, 0.2) is 0 Å². The molecule has 0 radical (unpaired) electrons. The van der Waals surface area contributed by atoms with Crippen molar-refractivity contribution < 1.29 is 9.53 Å².